The summed E-state index contributed by atoms with van der Waals surface area (Å²) >= 11 is 6.05. The summed E-state index contributed by atoms with van der Waals surface area (Å²) in [6, 6.07) is 7.04. The highest BCUT2D eigenvalue weighted by molar-refractivity contribution is 6.33. The minimum Gasteiger partial charge on any atom is -0.335 e. The molecule has 22 heavy (non-hydrogen) atoms. The Morgan fingerprint density at radius 1 is 1.27 bits per heavy atom. The van der Waals surface area contributed by atoms with E-state index in [4.69, 9.17) is 11.6 Å². The predicted octanol–water partition coefficient (Wildman–Crippen LogP) is 2.15. The maximum absolute atomic E-state index is 12.4. The van der Waals surface area contributed by atoms with Crippen molar-refractivity contribution in [2.45, 2.75) is 20.0 Å². The van der Waals surface area contributed by atoms with Crippen LogP contribution in [0.2, 0.25) is 5.02 Å². The molecule has 2 amide bonds. The molecule has 2 aromatic rings. The van der Waals surface area contributed by atoms with Crippen LogP contribution in [0.1, 0.15) is 23.0 Å². The van der Waals surface area contributed by atoms with Gasteiger partial charge >= 0.3 is 0 Å². The van der Waals surface area contributed by atoms with Crippen LogP contribution in [-0.2, 0) is 17.9 Å². The van der Waals surface area contributed by atoms with Crippen LogP contribution in [0.15, 0.2) is 30.5 Å². The Morgan fingerprint density at radius 3 is 2.77 bits per heavy atom. The summed E-state index contributed by atoms with van der Waals surface area (Å²) in [6.07, 6.45) is 1.53. The quantitative estimate of drug-likeness (QED) is 0.922. The second kappa shape index (κ2) is 5.81. The first kappa shape index (κ1) is 14.6. The molecule has 0 unspecified atom stereocenters. The third-order valence-electron chi connectivity index (χ3n) is 3.68. The van der Waals surface area contributed by atoms with Crippen molar-refractivity contribution >= 4 is 29.1 Å². The number of anilines is 1. The van der Waals surface area contributed by atoms with Gasteiger partial charge in [0.2, 0.25) is 5.91 Å². The zero-order chi connectivity index (χ0) is 15.7. The number of halogens is 1. The molecule has 0 fully saturated rings. The standard InChI is InChI=1S/C15H15ClN4O2/c1-10(21)19-6-7-20-14(9-19)11(8-17-20)15(22)18-13-5-3-2-4-12(13)16/h2-5,8H,6-7,9H2,1H3,(H,18,22). The predicted molar refractivity (Wildman–Crippen MR) is 82.7 cm³/mol. The van der Waals surface area contributed by atoms with Gasteiger partial charge in [-0.3, -0.25) is 14.3 Å². The summed E-state index contributed by atoms with van der Waals surface area (Å²) in [5.41, 5.74) is 1.75. The lowest BCUT2D eigenvalue weighted by molar-refractivity contribution is -0.130. The molecule has 0 radical (unpaired) electrons. The van der Waals surface area contributed by atoms with Crippen molar-refractivity contribution < 1.29 is 9.59 Å². The Balaban J connectivity index is 1.84. The first-order valence-corrected chi connectivity index (χ1v) is 7.30. The van der Waals surface area contributed by atoms with Crippen LogP contribution in [0.5, 0.6) is 0 Å². The topological polar surface area (TPSA) is 67.2 Å². The summed E-state index contributed by atoms with van der Waals surface area (Å²) in [4.78, 5) is 25.7. The largest absolute Gasteiger partial charge is 0.335 e. The average molecular weight is 319 g/mol. The van der Waals surface area contributed by atoms with Gasteiger partial charge in [-0.25, -0.2) is 0 Å². The number of carbonyl (C=O) groups is 2. The van der Waals surface area contributed by atoms with Gasteiger partial charge in [0.1, 0.15) is 0 Å². The number of benzene rings is 1. The van der Waals surface area contributed by atoms with Crippen LogP contribution in [-0.4, -0.2) is 33.0 Å². The zero-order valence-electron chi connectivity index (χ0n) is 12.0. The number of hydrogen-bond donors (Lipinski definition) is 1. The highest BCUT2D eigenvalue weighted by Gasteiger charge is 2.25. The summed E-state index contributed by atoms with van der Waals surface area (Å²) in [5, 5.41) is 7.47. The number of fused-ring (bicyclic) bond motifs is 1. The minimum atomic E-state index is -0.278. The number of amides is 2. The highest BCUT2D eigenvalue weighted by atomic mass is 35.5. The first-order chi connectivity index (χ1) is 10.6. The molecule has 0 atom stereocenters. The summed E-state index contributed by atoms with van der Waals surface area (Å²) < 4.78 is 1.76. The number of nitrogens with zero attached hydrogens (tertiary/aromatic N) is 3. The maximum atomic E-state index is 12.4. The summed E-state index contributed by atoms with van der Waals surface area (Å²) in [5.74, 6) is -0.287. The van der Waals surface area contributed by atoms with Crippen LogP contribution in [0.4, 0.5) is 5.69 Å². The SMILES string of the molecule is CC(=O)N1CCn2ncc(C(=O)Nc3ccccc3Cl)c2C1. The Kier molecular flexibility index (Phi) is 3.85. The fraction of sp³-hybridized carbons (Fsp3) is 0.267. The van der Waals surface area contributed by atoms with Gasteiger partial charge in [-0.05, 0) is 12.1 Å². The van der Waals surface area contributed by atoms with Gasteiger partial charge in [0.05, 0.1) is 41.3 Å². The fourth-order valence-electron chi connectivity index (χ4n) is 2.46. The lowest BCUT2D eigenvalue weighted by Crippen LogP contribution is -2.37. The molecule has 1 aromatic carbocycles. The molecule has 1 N–H and O–H groups in total. The Hall–Kier alpha value is -2.34. The van der Waals surface area contributed by atoms with Gasteiger partial charge in [-0.15, -0.1) is 0 Å². The van der Waals surface area contributed by atoms with E-state index in [1.54, 1.807) is 33.8 Å². The molecule has 2 heterocycles. The van der Waals surface area contributed by atoms with Crippen LogP contribution in [0.25, 0.3) is 0 Å². The van der Waals surface area contributed by atoms with E-state index in [2.05, 4.69) is 10.4 Å². The van der Waals surface area contributed by atoms with E-state index in [0.29, 0.717) is 35.9 Å². The lowest BCUT2D eigenvalue weighted by atomic mass is 10.2. The number of hydrogen-bond acceptors (Lipinski definition) is 3. The average Bonchev–Trinajstić information content (AvgIpc) is 2.92. The monoisotopic (exact) mass is 318 g/mol. The van der Waals surface area contributed by atoms with Crippen LogP contribution in [0.3, 0.4) is 0 Å². The van der Waals surface area contributed by atoms with Crippen molar-refractivity contribution in [3.8, 4) is 0 Å². The van der Waals surface area contributed by atoms with Gasteiger partial charge < -0.3 is 10.2 Å². The van der Waals surface area contributed by atoms with E-state index < -0.39 is 0 Å². The molecule has 1 aliphatic rings. The van der Waals surface area contributed by atoms with E-state index in [1.807, 2.05) is 0 Å². The van der Waals surface area contributed by atoms with E-state index >= 15 is 0 Å². The van der Waals surface area contributed by atoms with Gasteiger partial charge in [-0.1, -0.05) is 23.7 Å². The highest BCUT2D eigenvalue weighted by Crippen LogP contribution is 2.23. The molecule has 0 saturated heterocycles. The van der Waals surface area contributed by atoms with Crippen LogP contribution >= 0.6 is 11.6 Å². The van der Waals surface area contributed by atoms with Crippen molar-refractivity contribution in [1.29, 1.82) is 0 Å². The van der Waals surface area contributed by atoms with Gasteiger partial charge in [0.25, 0.3) is 5.91 Å². The molecular formula is C15H15ClN4O2. The van der Waals surface area contributed by atoms with Crippen LogP contribution in [0, 0.1) is 0 Å². The number of carbonyl (C=O) groups excluding carboxylic acids is 2. The first-order valence-electron chi connectivity index (χ1n) is 6.92. The van der Waals surface area contributed by atoms with Crippen LogP contribution < -0.4 is 5.32 Å². The van der Waals surface area contributed by atoms with Gasteiger partial charge in [-0.2, -0.15) is 5.10 Å². The van der Waals surface area contributed by atoms with E-state index in [0.717, 1.165) is 5.69 Å². The molecule has 3 rings (SSSR count). The number of aromatic nitrogens is 2. The smallest absolute Gasteiger partial charge is 0.259 e. The fourth-order valence-corrected chi connectivity index (χ4v) is 2.64. The summed E-state index contributed by atoms with van der Waals surface area (Å²) in [6.45, 7) is 3.11. The third-order valence-corrected chi connectivity index (χ3v) is 4.01. The molecule has 114 valence electrons. The molecule has 1 aliphatic heterocycles. The second-order valence-electron chi connectivity index (χ2n) is 5.10. The Morgan fingerprint density at radius 2 is 2.05 bits per heavy atom. The normalized spacial score (nSPS) is 13.6. The lowest BCUT2D eigenvalue weighted by Gasteiger charge is -2.27. The molecule has 0 saturated carbocycles. The third kappa shape index (κ3) is 2.69. The van der Waals surface area contributed by atoms with E-state index in [9.17, 15) is 9.59 Å². The number of rotatable bonds is 2. The van der Waals surface area contributed by atoms with Crippen molar-refractivity contribution in [3.05, 3.63) is 46.7 Å². The molecule has 0 spiro atoms. The zero-order valence-corrected chi connectivity index (χ0v) is 12.8. The molecule has 0 bridgehead atoms. The Bertz CT molecular complexity index is 741. The van der Waals surface area contributed by atoms with Crippen molar-refractivity contribution in [1.82, 2.24) is 14.7 Å². The van der Waals surface area contributed by atoms with Crippen molar-refractivity contribution in [2.75, 3.05) is 11.9 Å². The van der Waals surface area contributed by atoms with Gasteiger partial charge in [0, 0.05) is 13.5 Å². The number of para-hydroxylation sites is 1. The van der Waals surface area contributed by atoms with Gasteiger partial charge in [0.15, 0.2) is 0 Å². The van der Waals surface area contributed by atoms with E-state index in [-0.39, 0.29) is 11.8 Å². The molecular weight excluding hydrogens is 304 g/mol. The number of nitrogens with one attached hydrogen (secondary N) is 1. The Labute approximate surface area is 132 Å². The second-order valence-corrected chi connectivity index (χ2v) is 5.51. The van der Waals surface area contributed by atoms with Crippen molar-refractivity contribution in [3.63, 3.8) is 0 Å². The van der Waals surface area contributed by atoms with Crippen molar-refractivity contribution in [2.24, 2.45) is 0 Å². The summed E-state index contributed by atoms with van der Waals surface area (Å²) in [7, 11) is 0. The van der Waals surface area contributed by atoms with E-state index in [1.165, 1.54) is 13.1 Å². The molecule has 7 heteroatoms. The molecule has 0 aliphatic carbocycles. The molecule has 1 aromatic heterocycles. The maximum Gasteiger partial charge on any atom is 0.259 e. The minimum absolute atomic E-state index is 0.00934. The molecule has 6 nitrogen and oxygen atoms in total.